The molecule has 1 saturated heterocycles. The molecule has 1 atom stereocenters. The Morgan fingerprint density at radius 1 is 1.00 bits per heavy atom. The number of halogens is 6. The molecule has 0 bridgehead atoms. The van der Waals surface area contributed by atoms with E-state index in [-0.39, 0.29) is 5.57 Å². The van der Waals surface area contributed by atoms with Gasteiger partial charge in [0.2, 0.25) is 0 Å². The second-order valence-corrected chi connectivity index (χ2v) is 8.26. The van der Waals surface area contributed by atoms with Gasteiger partial charge >= 0.3 is 12.4 Å². The fourth-order valence-corrected chi connectivity index (χ4v) is 5.18. The zero-order valence-corrected chi connectivity index (χ0v) is 12.0. The molecule has 118 valence electrons. The van der Waals surface area contributed by atoms with E-state index in [4.69, 9.17) is 0 Å². The van der Waals surface area contributed by atoms with E-state index in [2.05, 4.69) is 0 Å². The molecule has 0 aromatic rings. The van der Waals surface area contributed by atoms with E-state index in [1.54, 1.807) is 0 Å². The van der Waals surface area contributed by atoms with Crippen LogP contribution in [0, 0.1) is 5.92 Å². The second kappa shape index (κ2) is 4.14. The third-order valence-electron chi connectivity index (χ3n) is 3.65. The summed E-state index contributed by atoms with van der Waals surface area (Å²) in [7, 11) is -5.47. The molecule has 1 fully saturated rings. The van der Waals surface area contributed by atoms with Crippen LogP contribution in [0.3, 0.4) is 0 Å². The van der Waals surface area contributed by atoms with Gasteiger partial charge in [-0.25, -0.2) is 8.42 Å². The molecule has 9 heteroatoms. The van der Waals surface area contributed by atoms with E-state index in [0.29, 0.717) is 0 Å². The highest BCUT2D eigenvalue weighted by Crippen LogP contribution is 2.67. The van der Waals surface area contributed by atoms with Gasteiger partial charge in [-0.1, -0.05) is 11.6 Å². The van der Waals surface area contributed by atoms with Crippen LogP contribution in [-0.2, 0) is 9.84 Å². The molecule has 1 rings (SSSR count). The SMILES string of the molecule is CC(C)=CC1C(C)(C)S(=O)(=O)C1(C(F)(F)F)C(F)(F)F. The van der Waals surface area contributed by atoms with Crippen LogP contribution in [0.1, 0.15) is 27.7 Å². The Hall–Kier alpha value is -0.730. The van der Waals surface area contributed by atoms with Crippen molar-refractivity contribution in [3.8, 4) is 0 Å². The molecule has 20 heavy (non-hydrogen) atoms. The van der Waals surface area contributed by atoms with Crippen LogP contribution >= 0.6 is 0 Å². The van der Waals surface area contributed by atoms with Gasteiger partial charge in [0.25, 0.3) is 4.75 Å². The summed E-state index contributed by atoms with van der Waals surface area (Å²) < 4.78 is 95.1. The smallest absolute Gasteiger partial charge is 0.227 e. The van der Waals surface area contributed by atoms with Crippen molar-refractivity contribution in [2.24, 2.45) is 5.92 Å². The Kier molecular flexibility index (Phi) is 3.59. The van der Waals surface area contributed by atoms with Crippen molar-refractivity contribution in [3.05, 3.63) is 11.6 Å². The Labute approximate surface area is 112 Å². The van der Waals surface area contributed by atoms with Gasteiger partial charge in [0, 0.05) is 5.92 Å². The Bertz CT molecular complexity index is 520. The normalized spacial score (nSPS) is 27.6. The minimum Gasteiger partial charge on any atom is -0.227 e. The monoisotopic (exact) mass is 324 g/mol. The van der Waals surface area contributed by atoms with Gasteiger partial charge in [-0.15, -0.1) is 0 Å². The van der Waals surface area contributed by atoms with E-state index in [9.17, 15) is 34.8 Å². The van der Waals surface area contributed by atoms with Crippen LogP contribution in [0.25, 0.3) is 0 Å². The largest absolute Gasteiger partial charge is 0.417 e. The number of sulfone groups is 1. The molecule has 1 aliphatic rings. The summed E-state index contributed by atoms with van der Waals surface area (Å²) in [6.45, 7) is 4.39. The van der Waals surface area contributed by atoms with E-state index >= 15 is 0 Å². The molecular formula is C11H14F6O2S. The van der Waals surface area contributed by atoms with Crippen LogP contribution in [0.15, 0.2) is 11.6 Å². The average Bonchev–Trinajstić information content (AvgIpc) is 2.10. The van der Waals surface area contributed by atoms with Gasteiger partial charge in [-0.2, -0.15) is 26.3 Å². The van der Waals surface area contributed by atoms with Gasteiger partial charge in [0.1, 0.15) is 0 Å². The Balaban J connectivity index is 3.78. The lowest BCUT2D eigenvalue weighted by Crippen LogP contribution is -2.82. The number of rotatable bonds is 1. The first-order valence-corrected chi connectivity index (χ1v) is 7.06. The highest BCUT2D eigenvalue weighted by atomic mass is 32.2. The molecule has 0 amide bonds. The topological polar surface area (TPSA) is 34.1 Å². The minimum atomic E-state index is -5.93. The van der Waals surface area contributed by atoms with Gasteiger partial charge in [-0.05, 0) is 27.7 Å². The number of allylic oxidation sites excluding steroid dienone is 2. The average molecular weight is 324 g/mol. The fourth-order valence-electron chi connectivity index (χ4n) is 2.65. The van der Waals surface area contributed by atoms with Crippen molar-refractivity contribution in [2.75, 3.05) is 0 Å². The molecule has 0 radical (unpaired) electrons. The molecule has 0 aromatic carbocycles. The lowest BCUT2D eigenvalue weighted by Gasteiger charge is -2.58. The van der Waals surface area contributed by atoms with Gasteiger partial charge < -0.3 is 0 Å². The van der Waals surface area contributed by atoms with Crippen molar-refractivity contribution >= 4 is 9.84 Å². The maximum Gasteiger partial charge on any atom is 0.417 e. The molecule has 1 unspecified atom stereocenters. The van der Waals surface area contributed by atoms with Gasteiger partial charge in [0.05, 0.1) is 4.75 Å². The summed E-state index contributed by atoms with van der Waals surface area (Å²) in [6, 6.07) is 0. The zero-order chi connectivity index (χ0) is 16.4. The zero-order valence-electron chi connectivity index (χ0n) is 11.1. The highest BCUT2D eigenvalue weighted by Gasteiger charge is 2.91. The summed E-state index contributed by atoms with van der Waals surface area (Å²) >= 11 is 0. The van der Waals surface area contributed by atoms with Crippen LogP contribution < -0.4 is 0 Å². The van der Waals surface area contributed by atoms with E-state index in [0.717, 1.165) is 19.9 Å². The molecule has 0 saturated carbocycles. The number of alkyl halides is 6. The predicted molar refractivity (Wildman–Crippen MR) is 60.8 cm³/mol. The van der Waals surface area contributed by atoms with Crippen molar-refractivity contribution < 1.29 is 34.8 Å². The molecule has 0 N–H and O–H groups in total. The Morgan fingerprint density at radius 2 is 1.35 bits per heavy atom. The molecule has 2 nitrogen and oxygen atoms in total. The lowest BCUT2D eigenvalue weighted by molar-refractivity contribution is -0.287. The lowest BCUT2D eigenvalue weighted by atomic mass is 9.77. The molecule has 0 aromatic heterocycles. The Morgan fingerprint density at radius 3 is 1.60 bits per heavy atom. The molecule has 1 heterocycles. The van der Waals surface area contributed by atoms with Crippen LogP contribution in [-0.4, -0.2) is 30.3 Å². The van der Waals surface area contributed by atoms with E-state index in [1.165, 1.54) is 13.8 Å². The van der Waals surface area contributed by atoms with Crippen molar-refractivity contribution in [2.45, 2.75) is 49.5 Å². The molecule has 0 spiro atoms. The van der Waals surface area contributed by atoms with Crippen LogP contribution in [0.4, 0.5) is 26.3 Å². The van der Waals surface area contributed by atoms with Gasteiger partial charge in [-0.3, -0.25) is 0 Å². The third kappa shape index (κ3) is 1.74. The first kappa shape index (κ1) is 17.3. The summed E-state index contributed by atoms with van der Waals surface area (Å²) in [4.78, 5) is 0. The third-order valence-corrected chi connectivity index (χ3v) is 6.85. The number of hydrogen-bond acceptors (Lipinski definition) is 2. The first-order valence-electron chi connectivity index (χ1n) is 5.57. The molecule has 1 aliphatic heterocycles. The van der Waals surface area contributed by atoms with Crippen molar-refractivity contribution in [1.82, 2.24) is 0 Å². The van der Waals surface area contributed by atoms with Crippen LogP contribution in [0.2, 0.25) is 0 Å². The molecule has 0 aliphatic carbocycles. The summed E-state index contributed by atoms with van der Waals surface area (Å²) in [5.41, 5.74) is 0.191. The first-order chi connectivity index (χ1) is 8.55. The van der Waals surface area contributed by atoms with Gasteiger partial charge in [0.15, 0.2) is 9.84 Å². The van der Waals surface area contributed by atoms with Crippen molar-refractivity contribution in [3.63, 3.8) is 0 Å². The minimum absolute atomic E-state index is 0.191. The summed E-state index contributed by atoms with van der Waals surface area (Å²) in [6.07, 6.45) is -11.1. The summed E-state index contributed by atoms with van der Waals surface area (Å²) in [5, 5.41) is 0. The quantitative estimate of drug-likeness (QED) is 0.545. The number of hydrogen-bond donors (Lipinski definition) is 0. The maximum absolute atomic E-state index is 13.1. The molecular weight excluding hydrogens is 310 g/mol. The van der Waals surface area contributed by atoms with Crippen LogP contribution in [0.5, 0.6) is 0 Å². The fraction of sp³-hybridized carbons (Fsp3) is 0.818. The highest BCUT2D eigenvalue weighted by molar-refractivity contribution is 7.95. The predicted octanol–water partition coefficient (Wildman–Crippen LogP) is 3.64. The van der Waals surface area contributed by atoms with Crippen molar-refractivity contribution in [1.29, 1.82) is 0 Å². The summed E-state index contributed by atoms with van der Waals surface area (Å²) in [5.74, 6) is -2.20. The van der Waals surface area contributed by atoms with E-state index in [1.807, 2.05) is 0 Å². The second-order valence-electron chi connectivity index (χ2n) is 5.56. The van der Waals surface area contributed by atoms with E-state index < -0.39 is 37.6 Å². The standard InChI is InChI=1S/C11H14F6O2S/c1-6(2)5-7-8(3,4)20(18,19)9(7,10(12,13)14)11(15,16)17/h5,7H,1-4H3. The maximum atomic E-state index is 13.1.